The SMILES string of the molecule is CCc1ccccc1CNC(=NC)NCCc1cnn(C)c1. The van der Waals surface area contributed by atoms with Gasteiger partial charge in [0.1, 0.15) is 0 Å². The van der Waals surface area contributed by atoms with Gasteiger partial charge in [-0.25, -0.2) is 0 Å². The predicted octanol–water partition coefficient (Wildman–Crippen LogP) is 1.89. The number of aryl methyl sites for hydroxylation is 2. The molecule has 1 heterocycles. The maximum absolute atomic E-state index is 4.27. The standard InChI is InChI=1S/C17H25N5/c1-4-15-7-5-6-8-16(15)12-20-17(18-2)19-10-9-14-11-21-22(3)13-14/h5-8,11,13H,4,9-10,12H2,1-3H3,(H2,18,19,20). The summed E-state index contributed by atoms with van der Waals surface area (Å²) in [6.45, 7) is 3.80. The van der Waals surface area contributed by atoms with Gasteiger partial charge in [0.2, 0.25) is 0 Å². The number of nitrogens with one attached hydrogen (secondary N) is 2. The van der Waals surface area contributed by atoms with E-state index in [-0.39, 0.29) is 0 Å². The number of hydrogen-bond acceptors (Lipinski definition) is 2. The highest BCUT2D eigenvalue weighted by atomic mass is 15.2. The number of guanidine groups is 1. The van der Waals surface area contributed by atoms with Gasteiger partial charge in [-0.15, -0.1) is 0 Å². The lowest BCUT2D eigenvalue weighted by Crippen LogP contribution is -2.38. The minimum Gasteiger partial charge on any atom is -0.356 e. The van der Waals surface area contributed by atoms with Crippen molar-refractivity contribution in [2.45, 2.75) is 26.3 Å². The van der Waals surface area contributed by atoms with Crippen molar-refractivity contribution in [1.29, 1.82) is 0 Å². The molecule has 2 N–H and O–H groups in total. The number of hydrogen-bond donors (Lipinski definition) is 2. The number of aliphatic imine (C=N–C) groups is 1. The third-order valence-electron chi connectivity index (χ3n) is 3.63. The molecule has 0 fully saturated rings. The molecule has 0 radical (unpaired) electrons. The molecule has 1 aromatic heterocycles. The Morgan fingerprint density at radius 2 is 2.00 bits per heavy atom. The molecular weight excluding hydrogens is 274 g/mol. The molecule has 0 bridgehead atoms. The van der Waals surface area contributed by atoms with Gasteiger partial charge in [0.25, 0.3) is 0 Å². The molecule has 0 aliphatic heterocycles. The first-order valence-corrected chi connectivity index (χ1v) is 7.71. The smallest absolute Gasteiger partial charge is 0.191 e. The zero-order valence-electron chi connectivity index (χ0n) is 13.6. The molecule has 0 saturated heterocycles. The minimum atomic E-state index is 0.788. The van der Waals surface area contributed by atoms with Crippen LogP contribution in [-0.4, -0.2) is 29.3 Å². The second-order valence-electron chi connectivity index (χ2n) is 5.25. The van der Waals surface area contributed by atoms with Crippen molar-refractivity contribution in [3.05, 3.63) is 53.3 Å². The van der Waals surface area contributed by atoms with Gasteiger partial charge in [-0.2, -0.15) is 5.10 Å². The summed E-state index contributed by atoms with van der Waals surface area (Å²) in [5.74, 6) is 0.829. The van der Waals surface area contributed by atoms with Crippen LogP contribution in [0.25, 0.3) is 0 Å². The molecule has 0 unspecified atom stereocenters. The summed E-state index contributed by atoms with van der Waals surface area (Å²) in [6.07, 6.45) is 5.91. The van der Waals surface area contributed by atoms with Crippen molar-refractivity contribution >= 4 is 5.96 Å². The molecule has 22 heavy (non-hydrogen) atoms. The van der Waals surface area contributed by atoms with Crippen LogP contribution >= 0.6 is 0 Å². The molecule has 5 heteroatoms. The van der Waals surface area contributed by atoms with Gasteiger partial charge in [0.15, 0.2) is 5.96 Å². The average molecular weight is 299 g/mol. The third kappa shape index (κ3) is 4.62. The fraction of sp³-hybridized carbons (Fsp3) is 0.412. The maximum Gasteiger partial charge on any atom is 0.191 e. The highest BCUT2D eigenvalue weighted by Crippen LogP contribution is 2.08. The van der Waals surface area contributed by atoms with Crippen LogP contribution in [0.5, 0.6) is 0 Å². The van der Waals surface area contributed by atoms with Crippen molar-refractivity contribution in [3.63, 3.8) is 0 Å². The Bertz CT molecular complexity index is 615. The molecule has 0 saturated carbocycles. The van der Waals surface area contributed by atoms with E-state index in [0.717, 1.165) is 31.9 Å². The number of rotatable bonds is 6. The van der Waals surface area contributed by atoms with Crippen molar-refractivity contribution in [1.82, 2.24) is 20.4 Å². The summed E-state index contributed by atoms with van der Waals surface area (Å²) in [6, 6.07) is 8.50. The summed E-state index contributed by atoms with van der Waals surface area (Å²) in [4.78, 5) is 4.27. The molecule has 2 rings (SSSR count). The molecule has 0 aliphatic carbocycles. The predicted molar refractivity (Wildman–Crippen MR) is 90.9 cm³/mol. The molecule has 2 aromatic rings. The van der Waals surface area contributed by atoms with Gasteiger partial charge in [-0.3, -0.25) is 9.67 Å². The lowest BCUT2D eigenvalue weighted by molar-refractivity contribution is 0.764. The molecule has 5 nitrogen and oxygen atoms in total. The van der Waals surface area contributed by atoms with E-state index in [4.69, 9.17) is 0 Å². The van der Waals surface area contributed by atoms with E-state index in [2.05, 4.69) is 51.9 Å². The summed E-state index contributed by atoms with van der Waals surface area (Å²) in [7, 11) is 3.73. The first-order valence-electron chi connectivity index (χ1n) is 7.71. The van der Waals surface area contributed by atoms with Crippen LogP contribution in [0.4, 0.5) is 0 Å². The first kappa shape index (κ1) is 16.1. The Morgan fingerprint density at radius 3 is 2.64 bits per heavy atom. The quantitative estimate of drug-likeness (QED) is 0.632. The number of aromatic nitrogens is 2. The maximum atomic E-state index is 4.27. The lowest BCUT2D eigenvalue weighted by atomic mass is 10.1. The van der Waals surface area contributed by atoms with Gasteiger partial charge in [0, 0.05) is 33.4 Å². The van der Waals surface area contributed by atoms with Crippen LogP contribution in [0.2, 0.25) is 0 Å². The van der Waals surface area contributed by atoms with Gasteiger partial charge in [-0.05, 0) is 29.5 Å². The third-order valence-corrected chi connectivity index (χ3v) is 3.63. The summed E-state index contributed by atoms with van der Waals surface area (Å²) >= 11 is 0. The minimum absolute atomic E-state index is 0.788. The first-order chi connectivity index (χ1) is 10.7. The van der Waals surface area contributed by atoms with Crippen molar-refractivity contribution < 1.29 is 0 Å². The van der Waals surface area contributed by atoms with E-state index in [1.54, 1.807) is 7.05 Å². The largest absolute Gasteiger partial charge is 0.356 e. The van der Waals surface area contributed by atoms with Gasteiger partial charge < -0.3 is 10.6 Å². The Balaban J connectivity index is 1.80. The van der Waals surface area contributed by atoms with Crippen molar-refractivity contribution in [2.75, 3.05) is 13.6 Å². The lowest BCUT2D eigenvalue weighted by Gasteiger charge is -2.13. The normalized spacial score (nSPS) is 11.5. The topological polar surface area (TPSA) is 54.2 Å². The van der Waals surface area contributed by atoms with Gasteiger partial charge in [-0.1, -0.05) is 31.2 Å². The average Bonchev–Trinajstić information content (AvgIpc) is 2.96. The van der Waals surface area contributed by atoms with Crippen LogP contribution in [0.3, 0.4) is 0 Å². The number of nitrogens with zero attached hydrogens (tertiary/aromatic N) is 3. The van der Waals surface area contributed by atoms with E-state index in [9.17, 15) is 0 Å². The molecule has 118 valence electrons. The Labute approximate surface area is 132 Å². The fourth-order valence-corrected chi connectivity index (χ4v) is 2.40. The molecule has 0 amide bonds. The van der Waals surface area contributed by atoms with Crippen LogP contribution in [-0.2, 0) is 26.4 Å². The van der Waals surface area contributed by atoms with Crippen LogP contribution < -0.4 is 10.6 Å². The number of benzene rings is 1. The van der Waals surface area contributed by atoms with E-state index < -0.39 is 0 Å². The fourth-order valence-electron chi connectivity index (χ4n) is 2.40. The van der Waals surface area contributed by atoms with Crippen LogP contribution in [0, 0.1) is 0 Å². The zero-order chi connectivity index (χ0) is 15.8. The second-order valence-corrected chi connectivity index (χ2v) is 5.25. The van der Waals surface area contributed by atoms with Crippen molar-refractivity contribution in [3.8, 4) is 0 Å². The summed E-state index contributed by atoms with van der Waals surface area (Å²) < 4.78 is 1.82. The van der Waals surface area contributed by atoms with E-state index in [1.807, 2.05) is 24.1 Å². The molecular formula is C17H25N5. The molecule has 0 atom stereocenters. The van der Waals surface area contributed by atoms with Crippen molar-refractivity contribution in [2.24, 2.45) is 12.0 Å². The van der Waals surface area contributed by atoms with Crippen LogP contribution in [0.15, 0.2) is 41.7 Å². The van der Waals surface area contributed by atoms with E-state index in [1.165, 1.54) is 16.7 Å². The highest BCUT2D eigenvalue weighted by Gasteiger charge is 2.02. The molecule has 0 spiro atoms. The Morgan fingerprint density at radius 1 is 1.23 bits per heavy atom. The molecule has 0 aliphatic rings. The Hall–Kier alpha value is -2.30. The summed E-state index contributed by atoms with van der Waals surface area (Å²) in [5.41, 5.74) is 3.92. The zero-order valence-corrected chi connectivity index (χ0v) is 13.6. The monoisotopic (exact) mass is 299 g/mol. The van der Waals surface area contributed by atoms with Gasteiger partial charge >= 0.3 is 0 Å². The Kier molecular flexibility index (Phi) is 6.01. The summed E-state index contributed by atoms with van der Waals surface area (Å²) in [5, 5.41) is 10.9. The molecule has 1 aromatic carbocycles. The van der Waals surface area contributed by atoms with Crippen LogP contribution in [0.1, 0.15) is 23.6 Å². The van der Waals surface area contributed by atoms with E-state index >= 15 is 0 Å². The second kappa shape index (κ2) is 8.22. The van der Waals surface area contributed by atoms with Gasteiger partial charge in [0.05, 0.1) is 6.20 Å². The highest BCUT2D eigenvalue weighted by molar-refractivity contribution is 5.79. The van der Waals surface area contributed by atoms with E-state index in [0.29, 0.717) is 0 Å².